The topological polar surface area (TPSA) is 69.0 Å². The molecule has 0 N–H and O–H groups in total. The van der Waals surface area contributed by atoms with Gasteiger partial charge in [0.2, 0.25) is 0 Å². The van der Waals surface area contributed by atoms with Crippen molar-refractivity contribution in [3.8, 4) is 6.01 Å². The van der Waals surface area contributed by atoms with E-state index in [2.05, 4.69) is 36.6 Å². The standard InChI is InChI=1S/C19H28N6O/c1-15-2-4-17(5-3-15)26-19-20-9-6-18(23-19)25-10-7-16(8-11-25)12-24-13-21-22-14-24/h6,9,13-17H,2-5,7-8,10-12H2,1H3. The molecule has 0 radical (unpaired) electrons. The average Bonchev–Trinajstić information content (AvgIpc) is 3.18. The molecule has 7 heteroatoms. The number of rotatable bonds is 5. The first-order chi connectivity index (χ1) is 12.8. The van der Waals surface area contributed by atoms with E-state index in [0.29, 0.717) is 11.9 Å². The van der Waals surface area contributed by atoms with Crippen LogP contribution in [-0.4, -0.2) is 43.9 Å². The highest BCUT2D eigenvalue weighted by molar-refractivity contribution is 5.38. The van der Waals surface area contributed by atoms with Crippen LogP contribution in [0.5, 0.6) is 6.01 Å². The van der Waals surface area contributed by atoms with Gasteiger partial charge in [0.25, 0.3) is 0 Å². The van der Waals surface area contributed by atoms with Gasteiger partial charge in [-0.1, -0.05) is 6.92 Å². The molecular weight excluding hydrogens is 328 g/mol. The summed E-state index contributed by atoms with van der Waals surface area (Å²) < 4.78 is 8.13. The van der Waals surface area contributed by atoms with Crippen molar-refractivity contribution in [1.82, 2.24) is 24.7 Å². The van der Waals surface area contributed by atoms with Crippen LogP contribution in [0.4, 0.5) is 5.82 Å². The molecule has 0 bridgehead atoms. The van der Waals surface area contributed by atoms with Gasteiger partial charge in [0.05, 0.1) is 0 Å². The van der Waals surface area contributed by atoms with Crippen LogP contribution in [-0.2, 0) is 6.54 Å². The van der Waals surface area contributed by atoms with Crippen LogP contribution < -0.4 is 9.64 Å². The van der Waals surface area contributed by atoms with Crippen LogP contribution in [0.15, 0.2) is 24.9 Å². The van der Waals surface area contributed by atoms with Crippen molar-refractivity contribution in [2.75, 3.05) is 18.0 Å². The van der Waals surface area contributed by atoms with Gasteiger partial charge in [0.15, 0.2) is 0 Å². The summed E-state index contributed by atoms with van der Waals surface area (Å²) in [5.74, 6) is 2.48. The number of ether oxygens (including phenoxy) is 1. The quantitative estimate of drug-likeness (QED) is 0.820. The zero-order valence-electron chi connectivity index (χ0n) is 15.5. The Morgan fingerprint density at radius 2 is 1.77 bits per heavy atom. The van der Waals surface area contributed by atoms with Gasteiger partial charge in [-0.05, 0) is 56.4 Å². The molecule has 140 valence electrons. The fraction of sp³-hybridized carbons (Fsp3) is 0.684. The van der Waals surface area contributed by atoms with Gasteiger partial charge >= 0.3 is 6.01 Å². The molecule has 26 heavy (non-hydrogen) atoms. The average molecular weight is 356 g/mol. The monoisotopic (exact) mass is 356 g/mol. The van der Waals surface area contributed by atoms with Gasteiger partial charge in [-0.25, -0.2) is 4.98 Å². The summed E-state index contributed by atoms with van der Waals surface area (Å²) in [7, 11) is 0. The Morgan fingerprint density at radius 3 is 2.50 bits per heavy atom. The number of aromatic nitrogens is 5. The van der Waals surface area contributed by atoms with Crippen LogP contribution >= 0.6 is 0 Å². The van der Waals surface area contributed by atoms with Crippen molar-refractivity contribution in [3.63, 3.8) is 0 Å². The van der Waals surface area contributed by atoms with Crippen LogP contribution in [0, 0.1) is 11.8 Å². The largest absolute Gasteiger partial charge is 0.460 e. The highest BCUT2D eigenvalue weighted by Crippen LogP contribution is 2.27. The van der Waals surface area contributed by atoms with E-state index in [9.17, 15) is 0 Å². The maximum absolute atomic E-state index is 6.06. The molecule has 1 aliphatic heterocycles. The molecule has 1 saturated carbocycles. The summed E-state index contributed by atoms with van der Waals surface area (Å²) in [4.78, 5) is 11.4. The Hall–Kier alpha value is -2.18. The lowest BCUT2D eigenvalue weighted by molar-refractivity contribution is 0.124. The van der Waals surface area contributed by atoms with E-state index in [1.165, 1.54) is 12.8 Å². The van der Waals surface area contributed by atoms with Gasteiger partial charge in [-0.2, -0.15) is 4.98 Å². The number of piperidine rings is 1. The number of anilines is 1. The molecule has 1 aliphatic carbocycles. The summed E-state index contributed by atoms with van der Waals surface area (Å²) in [6.07, 6.45) is 12.7. The Bertz CT molecular complexity index is 675. The van der Waals surface area contributed by atoms with Crippen LogP contribution in [0.3, 0.4) is 0 Å². The second-order valence-corrected chi connectivity index (χ2v) is 7.79. The predicted molar refractivity (Wildman–Crippen MR) is 99.0 cm³/mol. The van der Waals surface area contributed by atoms with E-state index in [1.54, 1.807) is 12.7 Å². The Kier molecular flexibility index (Phi) is 5.32. The summed E-state index contributed by atoms with van der Waals surface area (Å²) in [5.41, 5.74) is 0. The van der Waals surface area contributed by atoms with E-state index in [4.69, 9.17) is 4.74 Å². The van der Waals surface area contributed by atoms with Gasteiger partial charge in [-0.3, -0.25) is 0 Å². The number of hydrogen-bond acceptors (Lipinski definition) is 6. The van der Waals surface area contributed by atoms with E-state index >= 15 is 0 Å². The van der Waals surface area contributed by atoms with Crippen molar-refractivity contribution >= 4 is 5.82 Å². The van der Waals surface area contributed by atoms with E-state index < -0.39 is 0 Å². The van der Waals surface area contributed by atoms with Gasteiger partial charge in [0.1, 0.15) is 24.6 Å². The summed E-state index contributed by atoms with van der Waals surface area (Å²) in [5, 5.41) is 7.77. The minimum atomic E-state index is 0.274. The predicted octanol–water partition coefficient (Wildman–Crippen LogP) is 2.94. The van der Waals surface area contributed by atoms with E-state index in [-0.39, 0.29) is 6.10 Å². The zero-order chi connectivity index (χ0) is 17.8. The summed E-state index contributed by atoms with van der Waals surface area (Å²) in [6.45, 7) is 5.35. The molecule has 0 aromatic carbocycles. The van der Waals surface area contributed by atoms with E-state index in [1.807, 2.05) is 12.3 Å². The minimum absolute atomic E-state index is 0.274. The van der Waals surface area contributed by atoms with Crippen molar-refractivity contribution < 1.29 is 4.74 Å². The van der Waals surface area contributed by atoms with Gasteiger partial charge < -0.3 is 14.2 Å². The Labute approximate surface area is 154 Å². The van der Waals surface area contributed by atoms with Crippen molar-refractivity contribution in [2.24, 2.45) is 11.8 Å². The summed E-state index contributed by atoms with van der Waals surface area (Å²) >= 11 is 0. The molecule has 3 heterocycles. The molecule has 4 rings (SSSR count). The molecule has 2 aromatic rings. The molecule has 0 amide bonds. The van der Waals surface area contributed by atoms with Gasteiger partial charge in [0, 0.05) is 25.8 Å². The number of hydrogen-bond donors (Lipinski definition) is 0. The minimum Gasteiger partial charge on any atom is -0.460 e. The third-order valence-corrected chi connectivity index (χ3v) is 5.73. The molecule has 2 aromatic heterocycles. The second-order valence-electron chi connectivity index (χ2n) is 7.79. The van der Waals surface area contributed by atoms with Crippen molar-refractivity contribution in [3.05, 3.63) is 24.9 Å². The first kappa shape index (κ1) is 17.2. The molecule has 0 spiro atoms. The molecular formula is C19H28N6O. The summed E-state index contributed by atoms with van der Waals surface area (Å²) in [6, 6.07) is 2.53. The third kappa shape index (κ3) is 4.31. The lowest BCUT2D eigenvalue weighted by Crippen LogP contribution is -2.35. The molecule has 0 atom stereocenters. The van der Waals surface area contributed by atoms with Crippen LogP contribution in [0.1, 0.15) is 45.4 Å². The van der Waals surface area contributed by atoms with Crippen LogP contribution in [0.2, 0.25) is 0 Å². The SMILES string of the molecule is CC1CCC(Oc2nccc(N3CCC(Cn4cnnc4)CC3)n2)CC1. The maximum Gasteiger partial charge on any atom is 0.318 e. The second kappa shape index (κ2) is 8.01. The first-order valence-electron chi connectivity index (χ1n) is 9.83. The molecule has 7 nitrogen and oxygen atoms in total. The fourth-order valence-electron chi connectivity index (χ4n) is 4.02. The lowest BCUT2D eigenvalue weighted by atomic mass is 9.89. The normalized spacial score (nSPS) is 24.6. The van der Waals surface area contributed by atoms with Crippen molar-refractivity contribution in [1.29, 1.82) is 0 Å². The van der Waals surface area contributed by atoms with Crippen molar-refractivity contribution in [2.45, 2.75) is 58.1 Å². The Balaban J connectivity index is 1.31. The molecule has 1 saturated heterocycles. The smallest absolute Gasteiger partial charge is 0.318 e. The lowest BCUT2D eigenvalue weighted by Gasteiger charge is -2.33. The molecule has 2 aliphatic rings. The number of nitrogens with zero attached hydrogens (tertiary/aromatic N) is 6. The third-order valence-electron chi connectivity index (χ3n) is 5.73. The van der Waals surface area contributed by atoms with Crippen LogP contribution in [0.25, 0.3) is 0 Å². The van der Waals surface area contributed by atoms with E-state index in [0.717, 1.165) is 57.1 Å². The Morgan fingerprint density at radius 1 is 1.04 bits per heavy atom. The highest BCUT2D eigenvalue weighted by Gasteiger charge is 2.23. The first-order valence-corrected chi connectivity index (χ1v) is 9.83. The maximum atomic E-state index is 6.06. The molecule has 0 unspecified atom stereocenters. The highest BCUT2D eigenvalue weighted by atomic mass is 16.5. The van der Waals surface area contributed by atoms with Gasteiger partial charge in [-0.15, -0.1) is 10.2 Å². The molecule has 2 fully saturated rings. The fourth-order valence-corrected chi connectivity index (χ4v) is 4.02. The zero-order valence-corrected chi connectivity index (χ0v) is 15.5.